The average molecular weight is 786 g/mol. The first-order chi connectivity index (χ1) is 29.9. The fraction of sp³-hybridized carbons (Fsp3) is 0.0690. The zero-order chi connectivity index (χ0) is 41.5. The Morgan fingerprint density at radius 3 is 0.951 bits per heavy atom. The van der Waals surface area contributed by atoms with Gasteiger partial charge in [0.05, 0.1) is 11.0 Å². The van der Waals surface area contributed by atoms with Gasteiger partial charge < -0.3 is 14.4 Å². The van der Waals surface area contributed by atoms with E-state index >= 15 is 0 Å². The second kappa shape index (κ2) is 15.9. The lowest BCUT2D eigenvalue weighted by Gasteiger charge is -2.28. The summed E-state index contributed by atoms with van der Waals surface area (Å²) in [5, 5.41) is 2.55. The molecule has 0 aliphatic heterocycles. The summed E-state index contributed by atoms with van der Waals surface area (Å²) in [4.78, 5) is 4.69. The van der Waals surface area contributed by atoms with Crippen LogP contribution >= 0.6 is 0 Å². The number of rotatable bonds is 9. The Balaban J connectivity index is 0.981. The van der Waals surface area contributed by atoms with E-state index in [1.807, 2.05) is 0 Å². The predicted molar refractivity (Wildman–Crippen MR) is 260 cm³/mol. The van der Waals surface area contributed by atoms with Crippen LogP contribution in [-0.2, 0) is 0 Å². The lowest BCUT2D eigenvalue weighted by molar-refractivity contribution is 1.17. The summed E-state index contributed by atoms with van der Waals surface area (Å²) in [5.41, 5.74) is 20.3. The van der Waals surface area contributed by atoms with Crippen LogP contribution in [0.15, 0.2) is 212 Å². The number of anilines is 6. The minimum absolute atomic E-state index is 1.12. The molecule has 0 fully saturated rings. The van der Waals surface area contributed by atoms with Gasteiger partial charge in [0, 0.05) is 50.6 Å². The molecule has 1 heterocycles. The second-order valence-corrected chi connectivity index (χ2v) is 16.0. The first kappa shape index (κ1) is 37.6. The normalized spacial score (nSPS) is 11.3. The van der Waals surface area contributed by atoms with Crippen LogP contribution in [0.25, 0.3) is 49.7 Å². The Bertz CT molecular complexity index is 3090. The van der Waals surface area contributed by atoms with Crippen LogP contribution < -0.4 is 9.80 Å². The molecular weight excluding hydrogens is 739 g/mol. The maximum atomic E-state index is 2.39. The molecule has 0 amide bonds. The highest BCUT2D eigenvalue weighted by atomic mass is 15.1. The Morgan fingerprint density at radius 1 is 0.279 bits per heavy atom. The van der Waals surface area contributed by atoms with Crippen LogP contribution in [0.4, 0.5) is 34.1 Å². The molecule has 0 radical (unpaired) electrons. The van der Waals surface area contributed by atoms with Crippen molar-refractivity contribution in [3.05, 3.63) is 235 Å². The Morgan fingerprint density at radius 2 is 0.590 bits per heavy atom. The first-order valence-electron chi connectivity index (χ1n) is 21.1. The van der Waals surface area contributed by atoms with Gasteiger partial charge in [0.2, 0.25) is 0 Å². The summed E-state index contributed by atoms with van der Waals surface area (Å²) in [7, 11) is 0. The highest BCUT2D eigenvalue weighted by Crippen LogP contribution is 2.42. The smallest absolute Gasteiger partial charge is 0.0541 e. The molecule has 0 aliphatic carbocycles. The van der Waals surface area contributed by atoms with Gasteiger partial charge in [-0.3, -0.25) is 0 Å². The number of para-hydroxylation sites is 5. The van der Waals surface area contributed by atoms with E-state index in [1.165, 1.54) is 72.0 Å². The minimum Gasteiger partial charge on any atom is -0.310 e. The molecule has 0 unspecified atom stereocenters. The number of nitrogens with zero attached hydrogens (tertiary/aromatic N) is 3. The van der Waals surface area contributed by atoms with Crippen LogP contribution in [-0.4, -0.2) is 4.57 Å². The van der Waals surface area contributed by atoms with Crippen molar-refractivity contribution in [3.8, 4) is 27.9 Å². The molecule has 10 rings (SSSR count). The quantitative estimate of drug-likeness (QED) is 0.144. The summed E-state index contributed by atoms with van der Waals surface area (Å²) in [6.45, 7) is 8.93. The molecule has 0 saturated heterocycles. The maximum absolute atomic E-state index is 2.39. The zero-order valence-electron chi connectivity index (χ0n) is 35.0. The molecular formula is C58H47N3. The summed E-state index contributed by atoms with van der Waals surface area (Å²) in [6.07, 6.45) is 0. The van der Waals surface area contributed by atoms with E-state index in [1.54, 1.807) is 0 Å². The molecule has 0 bridgehead atoms. The molecule has 3 heteroatoms. The molecule has 61 heavy (non-hydrogen) atoms. The Labute approximate surface area is 359 Å². The summed E-state index contributed by atoms with van der Waals surface area (Å²) in [6, 6.07) is 76.8. The number of fused-ring (bicyclic) bond motifs is 3. The van der Waals surface area contributed by atoms with Gasteiger partial charge >= 0.3 is 0 Å². The fourth-order valence-corrected chi connectivity index (χ4v) is 9.18. The molecule has 0 N–H and O–H groups in total. The minimum atomic E-state index is 1.12. The van der Waals surface area contributed by atoms with Crippen molar-refractivity contribution in [1.29, 1.82) is 0 Å². The molecule has 3 nitrogen and oxygen atoms in total. The summed E-state index contributed by atoms with van der Waals surface area (Å²) >= 11 is 0. The number of hydrogen-bond donors (Lipinski definition) is 0. The van der Waals surface area contributed by atoms with Gasteiger partial charge in [-0.05, 0) is 169 Å². The van der Waals surface area contributed by atoms with Crippen molar-refractivity contribution < 1.29 is 0 Å². The van der Waals surface area contributed by atoms with Crippen molar-refractivity contribution in [2.75, 3.05) is 9.80 Å². The lowest BCUT2D eigenvalue weighted by atomic mass is 9.94. The Kier molecular flexibility index (Phi) is 9.78. The van der Waals surface area contributed by atoms with Crippen LogP contribution in [0.3, 0.4) is 0 Å². The molecule has 1 aromatic heterocycles. The molecule has 294 valence electrons. The van der Waals surface area contributed by atoms with E-state index in [2.05, 4.69) is 254 Å². The standard InChI is InChI=1S/C58H47N3/c1-40-36-47(59(44-18-8-5-9-19-44)45-20-10-6-11-21-45)28-32-51(40)52-33-29-48(37-41(52)2)60(46-22-12-7-13-23-46)49-30-34-53(42(3)38-49)54-35-31-50(39-43(54)4)61-57-26-16-14-24-55(57)56-25-15-17-27-58(56)61/h5-39H,1-4H3. The molecule has 9 aromatic carbocycles. The van der Waals surface area contributed by atoms with Crippen molar-refractivity contribution in [2.45, 2.75) is 27.7 Å². The summed E-state index contributed by atoms with van der Waals surface area (Å²) < 4.78 is 2.39. The number of benzene rings is 9. The predicted octanol–water partition coefficient (Wildman–Crippen LogP) is 16.3. The van der Waals surface area contributed by atoms with E-state index in [0.29, 0.717) is 0 Å². The third kappa shape index (κ3) is 6.94. The van der Waals surface area contributed by atoms with Crippen molar-refractivity contribution >= 4 is 55.9 Å². The van der Waals surface area contributed by atoms with Gasteiger partial charge in [-0.2, -0.15) is 0 Å². The Hall–Kier alpha value is -7.62. The van der Waals surface area contributed by atoms with Gasteiger partial charge in [0.25, 0.3) is 0 Å². The van der Waals surface area contributed by atoms with E-state index in [4.69, 9.17) is 0 Å². The monoisotopic (exact) mass is 785 g/mol. The third-order valence-electron chi connectivity index (χ3n) is 12.1. The van der Waals surface area contributed by atoms with Crippen LogP contribution in [0.1, 0.15) is 22.3 Å². The van der Waals surface area contributed by atoms with Gasteiger partial charge in [-0.15, -0.1) is 0 Å². The largest absolute Gasteiger partial charge is 0.310 e. The third-order valence-corrected chi connectivity index (χ3v) is 12.1. The van der Waals surface area contributed by atoms with Gasteiger partial charge in [0.15, 0.2) is 0 Å². The van der Waals surface area contributed by atoms with Crippen LogP contribution in [0.5, 0.6) is 0 Å². The zero-order valence-corrected chi connectivity index (χ0v) is 35.0. The fourth-order valence-electron chi connectivity index (χ4n) is 9.18. The highest BCUT2D eigenvalue weighted by molar-refractivity contribution is 6.09. The first-order valence-corrected chi connectivity index (χ1v) is 21.1. The van der Waals surface area contributed by atoms with Gasteiger partial charge in [0.1, 0.15) is 0 Å². The van der Waals surface area contributed by atoms with E-state index in [-0.39, 0.29) is 0 Å². The van der Waals surface area contributed by atoms with Crippen LogP contribution in [0, 0.1) is 27.7 Å². The van der Waals surface area contributed by atoms with Gasteiger partial charge in [-0.25, -0.2) is 0 Å². The summed E-state index contributed by atoms with van der Waals surface area (Å²) in [5.74, 6) is 0. The molecule has 0 spiro atoms. The van der Waals surface area contributed by atoms with Crippen molar-refractivity contribution in [2.24, 2.45) is 0 Å². The number of hydrogen-bond acceptors (Lipinski definition) is 2. The molecule has 10 aromatic rings. The topological polar surface area (TPSA) is 11.4 Å². The maximum Gasteiger partial charge on any atom is 0.0541 e. The molecule has 0 atom stereocenters. The number of aromatic nitrogens is 1. The van der Waals surface area contributed by atoms with E-state index in [9.17, 15) is 0 Å². The lowest BCUT2D eigenvalue weighted by Crippen LogP contribution is -2.11. The van der Waals surface area contributed by atoms with Crippen molar-refractivity contribution in [1.82, 2.24) is 4.57 Å². The van der Waals surface area contributed by atoms with E-state index in [0.717, 1.165) is 34.1 Å². The van der Waals surface area contributed by atoms with Crippen molar-refractivity contribution in [3.63, 3.8) is 0 Å². The van der Waals surface area contributed by atoms with Crippen LogP contribution in [0.2, 0.25) is 0 Å². The second-order valence-electron chi connectivity index (χ2n) is 16.0. The SMILES string of the molecule is Cc1cc(N(c2ccccc2)c2ccccc2)ccc1-c1ccc(N(c2ccccc2)c2ccc(-c3ccc(-n4c5ccccc5c5ccccc54)cc3C)c(C)c2)cc1C. The van der Waals surface area contributed by atoms with E-state index < -0.39 is 0 Å². The number of aryl methyl sites for hydroxylation is 4. The van der Waals surface area contributed by atoms with Gasteiger partial charge in [-0.1, -0.05) is 115 Å². The molecule has 0 saturated carbocycles. The molecule has 0 aliphatic rings. The average Bonchev–Trinajstić information content (AvgIpc) is 3.63. The highest BCUT2D eigenvalue weighted by Gasteiger charge is 2.19.